The van der Waals surface area contributed by atoms with Gasteiger partial charge in [-0.25, -0.2) is 0 Å². The molecule has 1 unspecified atom stereocenters. The summed E-state index contributed by atoms with van der Waals surface area (Å²) in [4.78, 5) is 28.0. The summed E-state index contributed by atoms with van der Waals surface area (Å²) in [5.41, 5.74) is 1.02. The van der Waals surface area contributed by atoms with Crippen LogP contribution in [-0.2, 0) is 16.1 Å². The van der Waals surface area contributed by atoms with Crippen molar-refractivity contribution in [3.63, 3.8) is 0 Å². The highest BCUT2D eigenvalue weighted by Crippen LogP contribution is 2.31. The summed E-state index contributed by atoms with van der Waals surface area (Å²) in [5.74, 6) is 0.514. The molecule has 1 saturated carbocycles. The summed E-state index contributed by atoms with van der Waals surface area (Å²) in [7, 11) is 3.51. The molecule has 0 radical (unpaired) electrons. The Morgan fingerprint density at radius 3 is 2.76 bits per heavy atom. The van der Waals surface area contributed by atoms with Crippen molar-refractivity contribution in [2.45, 2.75) is 38.3 Å². The Morgan fingerprint density at radius 2 is 2.14 bits per heavy atom. The summed E-state index contributed by atoms with van der Waals surface area (Å²) in [5, 5.41) is 4.33. The van der Waals surface area contributed by atoms with Crippen molar-refractivity contribution in [3.8, 4) is 0 Å². The second-order valence-corrected chi connectivity index (χ2v) is 6.26. The van der Waals surface area contributed by atoms with Gasteiger partial charge in [-0.2, -0.15) is 5.10 Å². The molecule has 6 nitrogen and oxygen atoms in total. The Balaban J connectivity index is 1.76. The highest BCUT2D eigenvalue weighted by Gasteiger charge is 2.35. The van der Waals surface area contributed by atoms with Crippen LogP contribution in [-0.4, -0.2) is 52.0 Å². The molecule has 1 aromatic rings. The van der Waals surface area contributed by atoms with Gasteiger partial charge < -0.3 is 9.80 Å². The van der Waals surface area contributed by atoms with Crippen molar-refractivity contribution in [1.29, 1.82) is 0 Å². The van der Waals surface area contributed by atoms with Crippen LogP contribution in [0.25, 0.3) is 0 Å². The van der Waals surface area contributed by atoms with E-state index in [9.17, 15) is 9.59 Å². The third-order valence-corrected chi connectivity index (χ3v) is 4.56. The van der Waals surface area contributed by atoms with Crippen LogP contribution in [0.5, 0.6) is 0 Å². The average molecular weight is 290 g/mol. The summed E-state index contributed by atoms with van der Waals surface area (Å²) in [6, 6.07) is 1.88. The van der Waals surface area contributed by atoms with E-state index in [2.05, 4.69) is 5.10 Å². The Hall–Kier alpha value is -1.85. The second kappa shape index (κ2) is 5.50. The first-order chi connectivity index (χ1) is 10.1. The molecule has 0 bridgehead atoms. The van der Waals surface area contributed by atoms with E-state index in [-0.39, 0.29) is 23.8 Å². The number of aromatic nitrogens is 2. The lowest BCUT2D eigenvalue weighted by molar-refractivity contribution is -0.141. The minimum absolute atomic E-state index is 0.0531. The van der Waals surface area contributed by atoms with E-state index in [0.717, 1.165) is 25.0 Å². The van der Waals surface area contributed by atoms with Crippen molar-refractivity contribution >= 4 is 11.8 Å². The minimum atomic E-state index is -0.0531. The molecule has 2 amide bonds. The molecule has 2 aliphatic rings. The Kier molecular flexibility index (Phi) is 3.69. The summed E-state index contributed by atoms with van der Waals surface area (Å²) < 4.78 is 1.91. The van der Waals surface area contributed by atoms with Gasteiger partial charge in [-0.1, -0.05) is 6.42 Å². The molecule has 21 heavy (non-hydrogen) atoms. The molecule has 1 aliphatic carbocycles. The van der Waals surface area contributed by atoms with Crippen LogP contribution in [0.15, 0.2) is 12.3 Å². The van der Waals surface area contributed by atoms with Crippen LogP contribution < -0.4 is 0 Å². The molecule has 3 rings (SSSR count). The van der Waals surface area contributed by atoms with E-state index < -0.39 is 0 Å². The maximum atomic E-state index is 12.5. The van der Waals surface area contributed by atoms with Crippen molar-refractivity contribution in [1.82, 2.24) is 19.6 Å². The number of rotatable bonds is 3. The van der Waals surface area contributed by atoms with Gasteiger partial charge in [0.1, 0.15) is 0 Å². The molecule has 1 aliphatic heterocycles. The third kappa shape index (κ3) is 2.66. The molecule has 0 spiro atoms. The molecular formula is C15H22N4O2. The molecule has 1 atom stereocenters. The normalized spacial score (nSPS) is 21.6. The molecule has 1 fully saturated rings. The van der Waals surface area contributed by atoms with Crippen LogP contribution >= 0.6 is 0 Å². The van der Waals surface area contributed by atoms with Gasteiger partial charge >= 0.3 is 0 Å². The van der Waals surface area contributed by atoms with Crippen molar-refractivity contribution < 1.29 is 9.59 Å². The first kappa shape index (κ1) is 14.1. The van der Waals surface area contributed by atoms with Crippen LogP contribution in [0.3, 0.4) is 0 Å². The predicted molar refractivity (Wildman–Crippen MR) is 77.3 cm³/mol. The number of amides is 2. The molecule has 2 heterocycles. The Bertz CT molecular complexity index is 548. The maximum absolute atomic E-state index is 12.5. The maximum Gasteiger partial charge on any atom is 0.226 e. The molecule has 0 aromatic carbocycles. The van der Waals surface area contributed by atoms with Crippen LogP contribution in [0.2, 0.25) is 0 Å². The van der Waals surface area contributed by atoms with Crippen molar-refractivity contribution in [2.75, 3.05) is 20.6 Å². The summed E-state index contributed by atoms with van der Waals surface area (Å²) >= 11 is 0. The smallest absolute Gasteiger partial charge is 0.226 e. The number of nitrogens with zero attached hydrogens (tertiary/aromatic N) is 4. The fourth-order valence-corrected chi connectivity index (χ4v) is 3.00. The second-order valence-electron chi connectivity index (χ2n) is 6.26. The van der Waals surface area contributed by atoms with E-state index in [1.54, 1.807) is 25.2 Å². The molecule has 1 aromatic heterocycles. The van der Waals surface area contributed by atoms with Gasteiger partial charge in [-0.3, -0.25) is 14.3 Å². The Morgan fingerprint density at radius 1 is 1.38 bits per heavy atom. The number of hydrogen-bond donors (Lipinski definition) is 0. The zero-order chi connectivity index (χ0) is 15.0. The van der Waals surface area contributed by atoms with Gasteiger partial charge in [0, 0.05) is 32.8 Å². The monoisotopic (exact) mass is 290 g/mol. The first-order valence-electron chi connectivity index (χ1n) is 7.57. The van der Waals surface area contributed by atoms with Crippen molar-refractivity contribution in [3.05, 3.63) is 18.0 Å². The highest BCUT2D eigenvalue weighted by molar-refractivity contribution is 5.80. The topological polar surface area (TPSA) is 58.4 Å². The van der Waals surface area contributed by atoms with Gasteiger partial charge in [0.25, 0.3) is 0 Å². The fourth-order valence-electron chi connectivity index (χ4n) is 3.00. The van der Waals surface area contributed by atoms with E-state index in [0.29, 0.717) is 19.5 Å². The molecule has 0 N–H and O–H groups in total. The largest absolute Gasteiger partial charge is 0.349 e. The van der Waals surface area contributed by atoms with Gasteiger partial charge in [0.2, 0.25) is 11.8 Å². The molecule has 0 saturated heterocycles. The van der Waals surface area contributed by atoms with Gasteiger partial charge in [-0.15, -0.1) is 0 Å². The standard InChI is InChI=1S/C15H22N4O2/c1-17(2)14(20)8-13-10-18(15(21)11-4-3-5-11)9-12-6-7-16-19(12)13/h6-7,11,13H,3-5,8-10H2,1-2H3. The zero-order valence-electron chi connectivity index (χ0n) is 12.7. The number of carbonyl (C=O) groups is 2. The van der Waals surface area contributed by atoms with Gasteiger partial charge in [0.05, 0.1) is 24.7 Å². The molecule has 6 heteroatoms. The lowest BCUT2D eigenvalue weighted by Gasteiger charge is -2.37. The fraction of sp³-hybridized carbons (Fsp3) is 0.667. The van der Waals surface area contributed by atoms with Gasteiger partial charge in [0.15, 0.2) is 0 Å². The van der Waals surface area contributed by atoms with Crippen molar-refractivity contribution in [2.24, 2.45) is 5.92 Å². The highest BCUT2D eigenvalue weighted by atomic mass is 16.2. The van der Waals surface area contributed by atoms with E-state index >= 15 is 0 Å². The first-order valence-corrected chi connectivity index (χ1v) is 7.57. The van der Waals surface area contributed by atoms with Crippen LogP contribution in [0.1, 0.15) is 37.4 Å². The zero-order valence-corrected chi connectivity index (χ0v) is 12.7. The lowest BCUT2D eigenvalue weighted by atomic mass is 9.84. The number of hydrogen-bond acceptors (Lipinski definition) is 3. The SMILES string of the molecule is CN(C)C(=O)CC1CN(C(=O)C2CCC2)Cc2ccnn21. The predicted octanol–water partition coefficient (Wildman–Crippen LogP) is 1.04. The van der Waals surface area contributed by atoms with E-state index in [1.165, 1.54) is 0 Å². The quantitative estimate of drug-likeness (QED) is 0.836. The summed E-state index contributed by atoms with van der Waals surface area (Å²) in [6.07, 6.45) is 5.31. The van der Waals surface area contributed by atoms with Crippen LogP contribution in [0, 0.1) is 5.92 Å². The Labute approximate surface area is 124 Å². The van der Waals surface area contributed by atoms with E-state index in [4.69, 9.17) is 0 Å². The molecular weight excluding hydrogens is 268 g/mol. The number of fused-ring (bicyclic) bond motifs is 1. The number of carbonyl (C=O) groups excluding carboxylic acids is 2. The minimum Gasteiger partial charge on any atom is -0.349 e. The average Bonchev–Trinajstić information content (AvgIpc) is 2.84. The van der Waals surface area contributed by atoms with E-state index in [1.807, 2.05) is 15.6 Å². The summed E-state index contributed by atoms with van der Waals surface area (Å²) in [6.45, 7) is 1.20. The third-order valence-electron chi connectivity index (χ3n) is 4.56. The van der Waals surface area contributed by atoms with Gasteiger partial charge in [-0.05, 0) is 18.9 Å². The molecule has 114 valence electrons. The lowest BCUT2D eigenvalue weighted by Crippen LogP contribution is -2.46. The van der Waals surface area contributed by atoms with Crippen LogP contribution in [0.4, 0.5) is 0 Å².